The van der Waals surface area contributed by atoms with Crippen LogP contribution < -0.4 is 20.7 Å². The second-order valence-electron chi connectivity index (χ2n) is 4.61. The summed E-state index contributed by atoms with van der Waals surface area (Å²) in [6.07, 6.45) is 0. The number of nitrogen functional groups attached to an aromatic ring is 1. The van der Waals surface area contributed by atoms with Crippen LogP contribution in [0, 0.1) is 6.92 Å². The predicted octanol–water partition coefficient (Wildman–Crippen LogP) is 2.19. The summed E-state index contributed by atoms with van der Waals surface area (Å²) >= 11 is 0. The van der Waals surface area contributed by atoms with E-state index in [-0.39, 0.29) is 5.91 Å². The van der Waals surface area contributed by atoms with E-state index in [1.165, 1.54) is 0 Å². The molecule has 0 radical (unpaired) electrons. The number of rotatable bonds is 5. The standard InChI is InChI=1S/C16H18N2O3/c1-11-3-8-14(15(9-11)20-2)21-10-12-4-6-13(7-5-12)16(19)18-17/h3-9H,10,17H2,1-2H3,(H,18,19). The molecule has 3 N–H and O–H groups in total. The number of ether oxygens (including phenoxy) is 2. The van der Waals surface area contributed by atoms with Gasteiger partial charge in [-0.15, -0.1) is 0 Å². The van der Waals surface area contributed by atoms with Crippen molar-refractivity contribution in [1.82, 2.24) is 5.43 Å². The zero-order valence-corrected chi connectivity index (χ0v) is 12.1. The van der Waals surface area contributed by atoms with Crippen molar-refractivity contribution in [2.75, 3.05) is 7.11 Å². The molecule has 0 spiro atoms. The Balaban J connectivity index is 2.05. The zero-order valence-electron chi connectivity index (χ0n) is 12.1. The number of hydrogen-bond acceptors (Lipinski definition) is 4. The van der Waals surface area contributed by atoms with Crippen molar-refractivity contribution in [3.05, 3.63) is 59.2 Å². The SMILES string of the molecule is COc1cc(C)ccc1OCc1ccc(C(=O)NN)cc1. The summed E-state index contributed by atoms with van der Waals surface area (Å²) in [5.41, 5.74) is 4.66. The lowest BCUT2D eigenvalue weighted by atomic mass is 10.1. The summed E-state index contributed by atoms with van der Waals surface area (Å²) in [5, 5.41) is 0. The van der Waals surface area contributed by atoms with Gasteiger partial charge in [-0.25, -0.2) is 5.84 Å². The molecule has 0 atom stereocenters. The van der Waals surface area contributed by atoms with E-state index in [1.807, 2.05) is 37.3 Å². The average Bonchev–Trinajstić information content (AvgIpc) is 2.53. The second-order valence-corrected chi connectivity index (χ2v) is 4.61. The number of amides is 1. The van der Waals surface area contributed by atoms with Gasteiger partial charge >= 0.3 is 0 Å². The van der Waals surface area contributed by atoms with E-state index in [4.69, 9.17) is 15.3 Å². The maximum atomic E-state index is 11.3. The first-order valence-electron chi connectivity index (χ1n) is 6.51. The number of nitrogens with one attached hydrogen (secondary N) is 1. The van der Waals surface area contributed by atoms with Gasteiger partial charge < -0.3 is 9.47 Å². The summed E-state index contributed by atoms with van der Waals surface area (Å²) in [5.74, 6) is 6.16. The lowest BCUT2D eigenvalue weighted by Gasteiger charge is -2.11. The van der Waals surface area contributed by atoms with E-state index in [0.717, 1.165) is 11.1 Å². The molecule has 0 aliphatic rings. The highest BCUT2D eigenvalue weighted by Gasteiger charge is 2.06. The monoisotopic (exact) mass is 286 g/mol. The first-order valence-corrected chi connectivity index (χ1v) is 6.51. The van der Waals surface area contributed by atoms with Crippen molar-refractivity contribution < 1.29 is 14.3 Å². The summed E-state index contributed by atoms with van der Waals surface area (Å²) < 4.78 is 11.0. The molecule has 21 heavy (non-hydrogen) atoms. The Kier molecular flexibility index (Phi) is 4.79. The Morgan fingerprint density at radius 1 is 1.14 bits per heavy atom. The van der Waals surface area contributed by atoms with Crippen molar-refractivity contribution in [1.29, 1.82) is 0 Å². The maximum absolute atomic E-state index is 11.3. The van der Waals surface area contributed by atoms with Crippen LogP contribution in [0.1, 0.15) is 21.5 Å². The fourth-order valence-electron chi connectivity index (χ4n) is 1.89. The minimum Gasteiger partial charge on any atom is -0.493 e. The van der Waals surface area contributed by atoms with Gasteiger partial charge in [0.1, 0.15) is 6.61 Å². The minimum absolute atomic E-state index is 0.317. The summed E-state index contributed by atoms with van der Waals surface area (Å²) in [6.45, 7) is 2.39. The van der Waals surface area contributed by atoms with Crippen LogP contribution >= 0.6 is 0 Å². The Morgan fingerprint density at radius 3 is 2.48 bits per heavy atom. The molecule has 0 unspecified atom stereocenters. The number of nitrogens with two attached hydrogens (primary N) is 1. The van der Waals surface area contributed by atoms with Crippen LogP contribution in [-0.4, -0.2) is 13.0 Å². The van der Waals surface area contributed by atoms with Crippen molar-refractivity contribution in [3.8, 4) is 11.5 Å². The van der Waals surface area contributed by atoms with Gasteiger partial charge in [-0.2, -0.15) is 0 Å². The molecule has 0 heterocycles. The van der Waals surface area contributed by atoms with Crippen LogP contribution in [-0.2, 0) is 6.61 Å². The predicted molar refractivity (Wildman–Crippen MR) is 80.2 cm³/mol. The molecule has 0 saturated carbocycles. The summed E-state index contributed by atoms with van der Waals surface area (Å²) in [7, 11) is 1.61. The first kappa shape index (κ1) is 14.9. The minimum atomic E-state index is -0.317. The summed E-state index contributed by atoms with van der Waals surface area (Å²) in [6, 6.07) is 12.8. The highest BCUT2D eigenvalue weighted by atomic mass is 16.5. The zero-order chi connectivity index (χ0) is 15.2. The van der Waals surface area contributed by atoms with E-state index in [9.17, 15) is 4.79 Å². The van der Waals surface area contributed by atoms with Crippen LogP contribution in [0.2, 0.25) is 0 Å². The van der Waals surface area contributed by atoms with Crippen LogP contribution in [0.5, 0.6) is 11.5 Å². The van der Waals surface area contributed by atoms with Gasteiger partial charge in [-0.05, 0) is 42.3 Å². The van der Waals surface area contributed by atoms with Crippen LogP contribution in [0.4, 0.5) is 0 Å². The Hall–Kier alpha value is -2.53. The van der Waals surface area contributed by atoms with Gasteiger partial charge in [0.05, 0.1) is 7.11 Å². The number of carbonyl (C=O) groups excluding carboxylic acids is 1. The third kappa shape index (κ3) is 3.73. The third-order valence-corrected chi connectivity index (χ3v) is 3.06. The highest BCUT2D eigenvalue weighted by molar-refractivity contribution is 5.93. The smallest absolute Gasteiger partial charge is 0.265 e. The fourth-order valence-corrected chi connectivity index (χ4v) is 1.89. The third-order valence-electron chi connectivity index (χ3n) is 3.06. The number of methoxy groups -OCH3 is 1. The fraction of sp³-hybridized carbons (Fsp3) is 0.188. The molecule has 5 nitrogen and oxygen atoms in total. The molecule has 0 saturated heterocycles. The lowest BCUT2D eigenvalue weighted by molar-refractivity contribution is 0.0953. The average molecular weight is 286 g/mol. The van der Waals surface area contributed by atoms with Crippen LogP contribution in [0.3, 0.4) is 0 Å². The molecule has 110 valence electrons. The molecule has 0 aliphatic heterocycles. The molecule has 2 aromatic rings. The topological polar surface area (TPSA) is 73.6 Å². The quantitative estimate of drug-likeness (QED) is 0.502. The van der Waals surface area contributed by atoms with Crippen LogP contribution in [0.25, 0.3) is 0 Å². The number of carbonyl (C=O) groups is 1. The van der Waals surface area contributed by atoms with Crippen molar-refractivity contribution in [3.63, 3.8) is 0 Å². The molecule has 2 aromatic carbocycles. The van der Waals surface area contributed by atoms with Crippen LogP contribution in [0.15, 0.2) is 42.5 Å². The van der Waals surface area contributed by atoms with Crippen molar-refractivity contribution in [2.45, 2.75) is 13.5 Å². The largest absolute Gasteiger partial charge is 0.493 e. The van der Waals surface area contributed by atoms with Gasteiger partial charge in [-0.3, -0.25) is 10.2 Å². The highest BCUT2D eigenvalue weighted by Crippen LogP contribution is 2.28. The van der Waals surface area contributed by atoms with E-state index in [0.29, 0.717) is 23.7 Å². The molecular formula is C16H18N2O3. The number of hydrazine groups is 1. The van der Waals surface area contributed by atoms with Gasteiger partial charge in [0.2, 0.25) is 0 Å². The van der Waals surface area contributed by atoms with Gasteiger partial charge in [-0.1, -0.05) is 18.2 Å². The Morgan fingerprint density at radius 2 is 1.86 bits per heavy atom. The van der Waals surface area contributed by atoms with E-state index in [1.54, 1.807) is 19.2 Å². The van der Waals surface area contributed by atoms with Gasteiger partial charge in [0.25, 0.3) is 5.91 Å². The molecule has 5 heteroatoms. The Labute approximate surface area is 123 Å². The molecule has 0 bridgehead atoms. The molecule has 1 amide bonds. The van der Waals surface area contributed by atoms with Gasteiger partial charge in [0, 0.05) is 5.56 Å². The number of aryl methyl sites for hydroxylation is 1. The molecule has 0 fully saturated rings. The molecule has 0 aliphatic carbocycles. The Bertz CT molecular complexity index is 624. The maximum Gasteiger partial charge on any atom is 0.265 e. The normalized spacial score (nSPS) is 10.0. The van der Waals surface area contributed by atoms with E-state index >= 15 is 0 Å². The van der Waals surface area contributed by atoms with Gasteiger partial charge in [0.15, 0.2) is 11.5 Å². The van der Waals surface area contributed by atoms with E-state index < -0.39 is 0 Å². The van der Waals surface area contributed by atoms with Crippen molar-refractivity contribution in [2.24, 2.45) is 5.84 Å². The number of hydrogen-bond donors (Lipinski definition) is 2. The summed E-state index contributed by atoms with van der Waals surface area (Å²) in [4.78, 5) is 11.3. The lowest BCUT2D eigenvalue weighted by Crippen LogP contribution is -2.29. The molecule has 0 aromatic heterocycles. The second kappa shape index (κ2) is 6.76. The van der Waals surface area contributed by atoms with E-state index in [2.05, 4.69) is 5.43 Å². The first-order chi connectivity index (χ1) is 10.1. The van der Waals surface area contributed by atoms with Crippen molar-refractivity contribution >= 4 is 5.91 Å². The number of benzene rings is 2. The molecular weight excluding hydrogens is 268 g/mol. The molecule has 2 rings (SSSR count).